The molecule has 9 heteroatoms. The molecular weight excluding hydrogens is 374 g/mol. The number of carbonyl (C=O) groups excluding carboxylic acids is 1. The molecule has 2 aromatic rings. The summed E-state index contributed by atoms with van der Waals surface area (Å²) in [5, 5.41) is 11.7. The maximum Gasteiger partial charge on any atom is 0.326 e. The predicted molar refractivity (Wildman–Crippen MR) is 110 cm³/mol. The number of hydrogen-bond donors (Lipinski definition) is 5. The van der Waals surface area contributed by atoms with Gasteiger partial charge in [-0.1, -0.05) is 30.3 Å². The van der Waals surface area contributed by atoms with Crippen molar-refractivity contribution in [1.29, 1.82) is 0 Å². The van der Waals surface area contributed by atoms with Crippen LogP contribution in [-0.2, 0) is 11.2 Å². The van der Waals surface area contributed by atoms with Crippen LogP contribution in [0, 0.1) is 0 Å². The smallest absolute Gasteiger partial charge is 0.326 e. The van der Waals surface area contributed by atoms with Crippen LogP contribution >= 0.6 is 0 Å². The van der Waals surface area contributed by atoms with Gasteiger partial charge in [0.2, 0.25) is 0 Å². The van der Waals surface area contributed by atoms with Crippen LogP contribution < -0.4 is 22.3 Å². The van der Waals surface area contributed by atoms with Gasteiger partial charge < -0.3 is 26.9 Å². The second-order valence-corrected chi connectivity index (χ2v) is 6.56. The van der Waals surface area contributed by atoms with Crippen LogP contribution in [0.2, 0.25) is 0 Å². The topological polar surface area (TPSA) is 164 Å². The van der Waals surface area contributed by atoms with E-state index >= 15 is 0 Å². The normalized spacial score (nSPS) is 11.4. The number of rotatable bonds is 10. The van der Waals surface area contributed by atoms with Crippen molar-refractivity contribution in [3.05, 3.63) is 69.6 Å². The van der Waals surface area contributed by atoms with E-state index in [2.05, 4.69) is 15.3 Å². The van der Waals surface area contributed by atoms with E-state index in [0.717, 1.165) is 5.56 Å². The van der Waals surface area contributed by atoms with Gasteiger partial charge in [-0.3, -0.25) is 14.6 Å². The lowest BCUT2D eigenvalue weighted by Crippen LogP contribution is -2.42. The number of aliphatic carboxylic acids is 1. The molecule has 1 atom stereocenters. The fraction of sp³-hybridized carbons (Fsp3) is 0.300. The molecule has 29 heavy (non-hydrogen) atoms. The first-order valence-electron chi connectivity index (χ1n) is 9.22. The molecule has 1 amide bonds. The second-order valence-electron chi connectivity index (χ2n) is 6.56. The average Bonchev–Trinajstić information content (AvgIpc) is 2.67. The first-order chi connectivity index (χ1) is 13.9. The summed E-state index contributed by atoms with van der Waals surface area (Å²) in [5.74, 6) is -1.92. The fourth-order valence-corrected chi connectivity index (χ4v) is 2.77. The molecule has 0 bridgehead atoms. The highest BCUT2D eigenvalue weighted by atomic mass is 16.4. The summed E-state index contributed by atoms with van der Waals surface area (Å²) in [7, 11) is 0. The molecule has 1 aromatic heterocycles. The van der Waals surface area contributed by atoms with Crippen molar-refractivity contribution in [2.45, 2.75) is 31.7 Å². The minimum absolute atomic E-state index is 0.0250. The summed E-state index contributed by atoms with van der Waals surface area (Å²) in [4.78, 5) is 42.6. The van der Waals surface area contributed by atoms with E-state index in [9.17, 15) is 19.5 Å². The third-order valence-electron chi connectivity index (χ3n) is 4.25. The van der Waals surface area contributed by atoms with E-state index in [4.69, 9.17) is 11.5 Å². The number of carbonyl (C=O) groups is 2. The van der Waals surface area contributed by atoms with E-state index in [1.165, 1.54) is 6.07 Å². The molecule has 0 spiro atoms. The van der Waals surface area contributed by atoms with Crippen LogP contribution in [0.1, 0.15) is 40.9 Å². The minimum Gasteiger partial charge on any atom is -0.480 e. The number of hydrogen-bond acceptors (Lipinski definition) is 4. The molecule has 154 valence electrons. The number of unbranched alkanes of at least 4 members (excludes halogenated alkanes) is 1. The van der Waals surface area contributed by atoms with Crippen LogP contribution in [0.25, 0.3) is 0 Å². The Balaban J connectivity index is 1.97. The highest BCUT2D eigenvalue weighted by molar-refractivity contribution is 5.96. The summed E-state index contributed by atoms with van der Waals surface area (Å²) in [6, 6.07) is 11.5. The maximum absolute atomic E-state index is 12.4. The molecule has 0 aliphatic rings. The predicted octanol–water partition coefficient (Wildman–Crippen LogP) is 0.592. The van der Waals surface area contributed by atoms with Gasteiger partial charge in [0.1, 0.15) is 11.6 Å². The number of pyridine rings is 1. The molecule has 0 unspecified atom stereocenters. The van der Waals surface area contributed by atoms with Gasteiger partial charge >= 0.3 is 5.97 Å². The number of H-pyrrole nitrogens is 1. The van der Waals surface area contributed by atoms with Gasteiger partial charge in [-0.05, 0) is 37.0 Å². The summed E-state index contributed by atoms with van der Waals surface area (Å²) >= 11 is 0. The molecule has 0 radical (unpaired) electrons. The van der Waals surface area contributed by atoms with E-state index in [0.29, 0.717) is 31.5 Å². The minimum atomic E-state index is -1.17. The molecule has 9 nitrogen and oxygen atoms in total. The largest absolute Gasteiger partial charge is 0.480 e. The number of carboxylic acids is 1. The Bertz CT molecular complexity index is 920. The Morgan fingerprint density at radius 1 is 1.10 bits per heavy atom. The molecule has 0 aliphatic carbocycles. The highest BCUT2D eigenvalue weighted by Gasteiger charge is 2.21. The van der Waals surface area contributed by atoms with E-state index in [-0.39, 0.29) is 17.9 Å². The Morgan fingerprint density at radius 2 is 1.83 bits per heavy atom. The van der Waals surface area contributed by atoms with Crippen LogP contribution in [-0.4, -0.2) is 40.5 Å². The SMILES string of the molecule is NC(N)=NCCCC[C@H](NC(=O)c1ccc(Cc2ccccc2)[nH]c1=O)C(=O)O. The lowest BCUT2D eigenvalue weighted by molar-refractivity contribution is -0.139. The molecule has 2 rings (SSSR count). The Hall–Kier alpha value is -3.62. The van der Waals surface area contributed by atoms with Gasteiger partial charge in [-0.25, -0.2) is 4.79 Å². The van der Waals surface area contributed by atoms with Crippen LogP contribution in [0.15, 0.2) is 52.3 Å². The summed E-state index contributed by atoms with van der Waals surface area (Å²) in [6.07, 6.45) is 1.79. The van der Waals surface area contributed by atoms with Crippen LogP contribution in [0.5, 0.6) is 0 Å². The number of nitrogens with two attached hydrogens (primary N) is 2. The third kappa shape index (κ3) is 7.13. The first-order valence-corrected chi connectivity index (χ1v) is 9.22. The summed E-state index contributed by atoms with van der Waals surface area (Å²) in [6.45, 7) is 0.380. The van der Waals surface area contributed by atoms with Crippen molar-refractivity contribution in [2.75, 3.05) is 6.54 Å². The molecule has 0 saturated carbocycles. The van der Waals surface area contributed by atoms with Gasteiger partial charge in [0.05, 0.1) is 0 Å². The lowest BCUT2D eigenvalue weighted by atomic mass is 10.1. The van der Waals surface area contributed by atoms with Gasteiger partial charge in [-0.15, -0.1) is 0 Å². The molecule has 0 fully saturated rings. The Labute approximate surface area is 167 Å². The molecule has 0 saturated heterocycles. The number of aromatic nitrogens is 1. The molecule has 7 N–H and O–H groups in total. The zero-order valence-corrected chi connectivity index (χ0v) is 15.9. The highest BCUT2D eigenvalue weighted by Crippen LogP contribution is 2.07. The standard InChI is InChI=1S/C20H25N5O4/c21-20(22)23-11-5-4-8-16(19(28)29)25-18(27)15-10-9-14(24-17(15)26)12-13-6-2-1-3-7-13/h1-3,6-7,9-10,16H,4-5,8,11-12H2,(H,24,26)(H,25,27)(H,28,29)(H4,21,22,23)/t16-/m0/s1. The Kier molecular flexibility index (Phi) is 7.96. The van der Waals surface area contributed by atoms with Gasteiger partial charge in [0.15, 0.2) is 5.96 Å². The average molecular weight is 399 g/mol. The lowest BCUT2D eigenvalue weighted by Gasteiger charge is -2.14. The number of aliphatic imine (C=N–C) groups is 1. The van der Waals surface area contributed by atoms with Gasteiger partial charge in [0.25, 0.3) is 11.5 Å². The second kappa shape index (κ2) is 10.6. The van der Waals surface area contributed by atoms with E-state index < -0.39 is 23.5 Å². The third-order valence-corrected chi connectivity index (χ3v) is 4.25. The van der Waals surface area contributed by atoms with Crippen molar-refractivity contribution in [1.82, 2.24) is 10.3 Å². The van der Waals surface area contributed by atoms with Crippen molar-refractivity contribution < 1.29 is 14.7 Å². The molecule has 1 aromatic carbocycles. The van der Waals surface area contributed by atoms with Crippen LogP contribution in [0.3, 0.4) is 0 Å². The molecule has 1 heterocycles. The quantitative estimate of drug-likeness (QED) is 0.223. The number of benzene rings is 1. The zero-order chi connectivity index (χ0) is 21.2. The maximum atomic E-state index is 12.4. The van der Waals surface area contributed by atoms with Gasteiger partial charge in [-0.2, -0.15) is 0 Å². The molecule has 0 aliphatic heterocycles. The van der Waals surface area contributed by atoms with E-state index in [1.54, 1.807) is 6.07 Å². The number of nitrogens with zero attached hydrogens (tertiary/aromatic N) is 1. The Morgan fingerprint density at radius 3 is 2.45 bits per heavy atom. The number of amides is 1. The van der Waals surface area contributed by atoms with Crippen LogP contribution in [0.4, 0.5) is 0 Å². The van der Waals surface area contributed by atoms with Crippen molar-refractivity contribution in [3.8, 4) is 0 Å². The first kappa shape index (κ1) is 21.7. The van der Waals surface area contributed by atoms with Crippen molar-refractivity contribution in [2.24, 2.45) is 16.5 Å². The van der Waals surface area contributed by atoms with Crippen molar-refractivity contribution in [3.63, 3.8) is 0 Å². The summed E-state index contributed by atoms with van der Waals surface area (Å²) < 4.78 is 0. The number of nitrogens with one attached hydrogen (secondary N) is 2. The zero-order valence-electron chi connectivity index (χ0n) is 15.9. The fourth-order valence-electron chi connectivity index (χ4n) is 2.77. The van der Waals surface area contributed by atoms with E-state index in [1.807, 2.05) is 30.3 Å². The van der Waals surface area contributed by atoms with Crippen molar-refractivity contribution >= 4 is 17.8 Å². The number of guanidine groups is 1. The monoisotopic (exact) mass is 399 g/mol. The number of aromatic amines is 1. The molecular formula is C20H25N5O4. The summed E-state index contributed by atoms with van der Waals surface area (Å²) in [5.41, 5.74) is 11.4. The van der Waals surface area contributed by atoms with Gasteiger partial charge in [0, 0.05) is 18.7 Å². The number of carboxylic acid groups (broad SMARTS) is 1.